The molecule has 1 aromatic carbocycles. The highest BCUT2D eigenvalue weighted by Gasteiger charge is 2.07. The van der Waals surface area contributed by atoms with Crippen molar-refractivity contribution < 1.29 is 4.92 Å². The first-order valence-corrected chi connectivity index (χ1v) is 6.27. The van der Waals surface area contributed by atoms with Crippen LogP contribution in [-0.4, -0.2) is 19.9 Å². The normalized spacial score (nSPS) is 12.3. The highest BCUT2D eigenvalue weighted by Crippen LogP contribution is 2.16. The summed E-state index contributed by atoms with van der Waals surface area (Å²) in [6, 6.07) is 6.51. The summed E-state index contributed by atoms with van der Waals surface area (Å²) >= 11 is 5.90. The minimum atomic E-state index is -0.407. The number of hydrogen-bond acceptors (Lipinski definition) is 4. The van der Waals surface area contributed by atoms with Gasteiger partial charge >= 0.3 is 0 Å². The van der Waals surface area contributed by atoms with Crippen molar-refractivity contribution in [2.75, 3.05) is 0 Å². The van der Waals surface area contributed by atoms with Gasteiger partial charge in [0.1, 0.15) is 5.69 Å². The zero-order valence-corrected chi connectivity index (χ0v) is 11.1. The van der Waals surface area contributed by atoms with Crippen LogP contribution in [0.3, 0.4) is 0 Å². The van der Waals surface area contributed by atoms with Crippen molar-refractivity contribution in [1.82, 2.24) is 15.0 Å². The fraction of sp³-hybridized carbons (Fsp3) is 0.333. The lowest BCUT2D eigenvalue weighted by Gasteiger charge is -2.01. The molecular weight excluding hydrogens is 268 g/mol. The first-order valence-electron chi connectivity index (χ1n) is 5.83. The van der Waals surface area contributed by atoms with Crippen molar-refractivity contribution in [3.63, 3.8) is 0 Å². The second-order valence-corrected chi connectivity index (χ2v) is 4.85. The van der Waals surface area contributed by atoms with Gasteiger partial charge in [-0.05, 0) is 18.9 Å². The standard InChI is InChI=1S/C12H13ClN4O2/c1-9(13)12-8-16(15-14-12)7-6-10-2-4-11(5-3-10)17(18)19/h2-5,8-9H,6-7H2,1H3. The SMILES string of the molecule is CC(Cl)c1cn(CCc2ccc([N+](=O)[O-])cc2)nn1. The molecule has 0 N–H and O–H groups in total. The summed E-state index contributed by atoms with van der Waals surface area (Å²) in [5, 5.41) is 18.3. The fourth-order valence-corrected chi connectivity index (χ4v) is 1.73. The minimum absolute atomic E-state index is 0.0998. The molecule has 0 bridgehead atoms. The average Bonchev–Trinajstić information content (AvgIpc) is 2.86. The number of benzene rings is 1. The molecule has 1 unspecified atom stereocenters. The maximum absolute atomic E-state index is 10.5. The fourth-order valence-electron chi connectivity index (χ4n) is 1.63. The Bertz CT molecular complexity index is 565. The van der Waals surface area contributed by atoms with Crippen LogP contribution < -0.4 is 0 Å². The Morgan fingerprint density at radius 1 is 1.42 bits per heavy atom. The Labute approximate surface area is 115 Å². The highest BCUT2D eigenvalue weighted by molar-refractivity contribution is 6.20. The molecule has 7 heteroatoms. The van der Waals surface area contributed by atoms with E-state index in [1.165, 1.54) is 12.1 Å². The number of aryl methyl sites for hydroxylation is 2. The van der Waals surface area contributed by atoms with Gasteiger partial charge in [0.2, 0.25) is 0 Å². The molecule has 1 atom stereocenters. The first kappa shape index (κ1) is 13.5. The molecule has 100 valence electrons. The second-order valence-electron chi connectivity index (χ2n) is 4.20. The van der Waals surface area contributed by atoms with E-state index in [1.54, 1.807) is 16.8 Å². The Balaban J connectivity index is 1.96. The molecule has 0 saturated heterocycles. The Morgan fingerprint density at radius 2 is 2.11 bits per heavy atom. The molecule has 0 saturated carbocycles. The van der Waals surface area contributed by atoms with E-state index in [2.05, 4.69) is 10.3 Å². The van der Waals surface area contributed by atoms with Crippen LogP contribution in [0.5, 0.6) is 0 Å². The molecule has 0 radical (unpaired) electrons. The molecule has 19 heavy (non-hydrogen) atoms. The van der Waals surface area contributed by atoms with Gasteiger partial charge in [0.25, 0.3) is 5.69 Å². The molecule has 0 spiro atoms. The number of non-ortho nitro benzene ring substituents is 1. The summed E-state index contributed by atoms with van der Waals surface area (Å²) in [5.41, 5.74) is 1.86. The number of hydrogen-bond donors (Lipinski definition) is 0. The van der Waals surface area contributed by atoms with Gasteiger partial charge in [-0.2, -0.15) is 0 Å². The van der Waals surface area contributed by atoms with Gasteiger partial charge in [0, 0.05) is 24.9 Å². The lowest BCUT2D eigenvalue weighted by Crippen LogP contribution is -2.02. The lowest BCUT2D eigenvalue weighted by atomic mass is 10.1. The molecule has 0 aliphatic rings. The molecule has 0 fully saturated rings. The predicted octanol–water partition coefficient (Wildman–Crippen LogP) is 2.73. The monoisotopic (exact) mass is 280 g/mol. The van der Waals surface area contributed by atoms with Crippen molar-refractivity contribution >= 4 is 17.3 Å². The summed E-state index contributed by atoms with van der Waals surface area (Å²) in [6.45, 7) is 2.50. The quantitative estimate of drug-likeness (QED) is 0.479. The van der Waals surface area contributed by atoms with Crippen LogP contribution in [0.4, 0.5) is 5.69 Å². The van der Waals surface area contributed by atoms with Gasteiger partial charge in [-0.25, -0.2) is 0 Å². The van der Waals surface area contributed by atoms with Crippen molar-refractivity contribution in [3.8, 4) is 0 Å². The third-order valence-corrected chi connectivity index (χ3v) is 2.96. The molecule has 0 aliphatic heterocycles. The Kier molecular flexibility index (Phi) is 4.11. The number of nitro groups is 1. The maximum Gasteiger partial charge on any atom is 0.269 e. The van der Waals surface area contributed by atoms with E-state index in [0.29, 0.717) is 6.54 Å². The third-order valence-electron chi connectivity index (χ3n) is 2.74. The van der Waals surface area contributed by atoms with Crippen LogP contribution in [0.25, 0.3) is 0 Å². The van der Waals surface area contributed by atoms with Gasteiger partial charge in [0.15, 0.2) is 0 Å². The summed E-state index contributed by atoms with van der Waals surface area (Å²) in [5.74, 6) is 0. The molecule has 0 amide bonds. The molecule has 6 nitrogen and oxygen atoms in total. The average molecular weight is 281 g/mol. The Morgan fingerprint density at radius 3 is 2.63 bits per heavy atom. The van der Waals surface area contributed by atoms with E-state index in [9.17, 15) is 10.1 Å². The summed E-state index contributed by atoms with van der Waals surface area (Å²) in [4.78, 5) is 10.1. The Hall–Kier alpha value is -1.95. The van der Waals surface area contributed by atoms with Crippen molar-refractivity contribution in [2.24, 2.45) is 0 Å². The van der Waals surface area contributed by atoms with E-state index >= 15 is 0 Å². The van der Waals surface area contributed by atoms with E-state index in [-0.39, 0.29) is 11.1 Å². The molecule has 2 aromatic rings. The van der Waals surface area contributed by atoms with Gasteiger partial charge in [0.05, 0.1) is 10.3 Å². The molecule has 0 aliphatic carbocycles. The third kappa shape index (κ3) is 3.51. The van der Waals surface area contributed by atoms with Crippen LogP contribution in [0.1, 0.15) is 23.6 Å². The van der Waals surface area contributed by atoms with Crippen LogP contribution in [-0.2, 0) is 13.0 Å². The summed E-state index contributed by atoms with van der Waals surface area (Å²) in [7, 11) is 0. The summed E-state index contributed by atoms with van der Waals surface area (Å²) in [6.07, 6.45) is 2.54. The largest absolute Gasteiger partial charge is 0.269 e. The minimum Gasteiger partial charge on any atom is -0.258 e. The van der Waals surface area contributed by atoms with Crippen LogP contribution >= 0.6 is 11.6 Å². The highest BCUT2D eigenvalue weighted by atomic mass is 35.5. The van der Waals surface area contributed by atoms with Crippen molar-refractivity contribution in [3.05, 3.63) is 51.8 Å². The lowest BCUT2D eigenvalue weighted by molar-refractivity contribution is -0.384. The van der Waals surface area contributed by atoms with Crippen molar-refractivity contribution in [1.29, 1.82) is 0 Å². The maximum atomic E-state index is 10.5. The van der Waals surface area contributed by atoms with Gasteiger partial charge < -0.3 is 0 Å². The number of nitrogens with zero attached hydrogens (tertiary/aromatic N) is 4. The van der Waals surface area contributed by atoms with Crippen molar-refractivity contribution in [2.45, 2.75) is 25.3 Å². The van der Waals surface area contributed by atoms with Crippen LogP contribution in [0.15, 0.2) is 30.5 Å². The van der Waals surface area contributed by atoms with Gasteiger partial charge in [-0.1, -0.05) is 17.3 Å². The van der Waals surface area contributed by atoms with Crippen LogP contribution in [0, 0.1) is 10.1 Å². The topological polar surface area (TPSA) is 73.8 Å². The number of nitro benzene ring substituents is 1. The number of aromatic nitrogens is 3. The molecule has 1 aromatic heterocycles. The van der Waals surface area contributed by atoms with Gasteiger partial charge in [-0.15, -0.1) is 16.7 Å². The zero-order valence-electron chi connectivity index (χ0n) is 10.4. The van der Waals surface area contributed by atoms with E-state index in [4.69, 9.17) is 11.6 Å². The number of rotatable bonds is 5. The van der Waals surface area contributed by atoms with E-state index in [1.807, 2.05) is 13.1 Å². The second kappa shape index (κ2) is 5.79. The molecule has 1 heterocycles. The summed E-state index contributed by atoms with van der Waals surface area (Å²) < 4.78 is 1.72. The zero-order chi connectivity index (χ0) is 13.8. The van der Waals surface area contributed by atoms with E-state index in [0.717, 1.165) is 17.7 Å². The predicted molar refractivity (Wildman–Crippen MR) is 71.1 cm³/mol. The first-order chi connectivity index (χ1) is 9.06. The number of halogens is 1. The van der Waals surface area contributed by atoms with Crippen LogP contribution in [0.2, 0.25) is 0 Å². The van der Waals surface area contributed by atoms with Gasteiger partial charge in [-0.3, -0.25) is 14.8 Å². The molecular formula is C12H13ClN4O2. The smallest absolute Gasteiger partial charge is 0.258 e. The number of alkyl halides is 1. The molecule has 2 rings (SSSR count). The van der Waals surface area contributed by atoms with E-state index < -0.39 is 4.92 Å².